The zero-order chi connectivity index (χ0) is 12.6. The molecular weight excluding hydrogens is 263 g/mol. The van der Waals surface area contributed by atoms with Gasteiger partial charge in [0.15, 0.2) is 0 Å². The zero-order valence-electron chi connectivity index (χ0n) is 9.55. The molecule has 0 heterocycles. The second kappa shape index (κ2) is 10.0. The van der Waals surface area contributed by atoms with Gasteiger partial charge in [0.1, 0.15) is 6.61 Å². The van der Waals surface area contributed by atoms with Crippen molar-refractivity contribution in [3.8, 4) is 0 Å². The van der Waals surface area contributed by atoms with E-state index in [9.17, 15) is 19.1 Å². The Bertz CT molecular complexity index is 288. The van der Waals surface area contributed by atoms with Crippen molar-refractivity contribution in [2.45, 2.75) is 6.92 Å². The number of hydrogen-bond acceptors (Lipinski definition) is 7. The third-order valence-electron chi connectivity index (χ3n) is 1.29. The van der Waals surface area contributed by atoms with E-state index in [1.165, 1.54) is 6.92 Å². The molecule has 0 aliphatic rings. The van der Waals surface area contributed by atoms with E-state index in [4.69, 9.17) is 4.74 Å². The molecule has 0 fully saturated rings. The van der Waals surface area contributed by atoms with Crippen LogP contribution in [0.1, 0.15) is 6.92 Å². The molecule has 0 radical (unpaired) electrons. The first kappa shape index (κ1) is 19.4. The maximum Gasteiger partial charge on any atom is 2.00 e. The molecule has 0 spiro atoms. The van der Waals surface area contributed by atoms with Gasteiger partial charge in [0.2, 0.25) is 0 Å². The van der Waals surface area contributed by atoms with Crippen molar-refractivity contribution >= 4 is 36.8 Å². The fourth-order valence-electron chi connectivity index (χ4n) is 0.627. The first-order chi connectivity index (χ1) is 7.33. The summed E-state index contributed by atoms with van der Waals surface area (Å²) in [7, 11) is -4.93. The molecule has 0 unspecified atom stereocenters. The van der Waals surface area contributed by atoms with E-state index in [-0.39, 0.29) is 55.1 Å². The Kier molecular flexibility index (Phi) is 11.4. The van der Waals surface area contributed by atoms with Crippen molar-refractivity contribution in [1.82, 2.24) is 0 Å². The molecule has 0 saturated heterocycles. The summed E-state index contributed by atoms with van der Waals surface area (Å²) in [5, 5.41) is 0. The van der Waals surface area contributed by atoms with Crippen LogP contribution in [0.2, 0.25) is 0 Å². The average molecular weight is 276 g/mol. The maximum absolute atomic E-state index is 10.8. The van der Waals surface area contributed by atoms with Crippen LogP contribution in [0.15, 0.2) is 12.2 Å². The molecule has 0 aromatic carbocycles. The van der Waals surface area contributed by atoms with Crippen molar-refractivity contribution in [2.75, 3.05) is 26.4 Å². The molecule has 0 bridgehead atoms. The summed E-state index contributed by atoms with van der Waals surface area (Å²) in [6, 6.07) is 0. The van der Waals surface area contributed by atoms with Gasteiger partial charge in [-0.15, -0.1) is 0 Å². The third-order valence-corrected chi connectivity index (χ3v) is 1.79. The predicted octanol–water partition coefficient (Wildman–Crippen LogP) is -1.41. The molecule has 0 aromatic heterocycles. The Morgan fingerprint density at radius 2 is 1.76 bits per heavy atom. The Balaban J connectivity index is 0. The Morgan fingerprint density at radius 3 is 2.24 bits per heavy atom. The van der Waals surface area contributed by atoms with Gasteiger partial charge in [-0.2, -0.15) is 0 Å². The summed E-state index contributed by atoms with van der Waals surface area (Å²) in [6.07, 6.45) is 0. The fourth-order valence-corrected chi connectivity index (χ4v) is 0.925. The number of carbonyl (C=O) groups is 1. The minimum atomic E-state index is -4.93. The summed E-state index contributed by atoms with van der Waals surface area (Å²) in [5.41, 5.74) is 0.280. The monoisotopic (exact) mass is 276 g/mol. The zero-order valence-corrected chi connectivity index (χ0v) is 11.9. The number of ether oxygens (including phenoxy) is 2. The van der Waals surface area contributed by atoms with Gasteiger partial charge < -0.3 is 28.3 Å². The molecule has 0 atom stereocenters. The van der Waals surface area contributed by atoms with Gasteiger partial charge in [0.05, 0.1) is 27.6 Å². The molecule has 0 saturated carbocycles. The molecule has 0 amide bonds. The van der Waals surface area contributed by atoms with Crippen molar-refractivity contribution in [1.29, 1.82) is 0 Å². The van der Waals surface area contributed by atoms with Gasteiger partial charge in [0.25, 0.3) is 0 Å². The molecule has 17 heavy (non-hydrogen) atoms. The van der Waals surface area contributed by atoms with Crippen LogP contribution in [0.5, 0.6) is 0 Å². The number of hydrogen-bond donors (Lipinski definition) is 0. The van der Waals surface area contributed by atoms with E-state index in [1.807, 2.05) is 0 Å². The van der Waals surface area contributed by atoms with Gasteiger partial charge in [-0.1, -0.05) is 6.58 Å². The molecular formula is C8H13MgO7P. The number of phosphoric ester groups is 1. The smallest absolute Gasteiger partial charge is 0.790 e. The van der Waals surface area contributed by atoms with Crippen LogP contribution in [0.4, 0.5) is 0 Å². The number of rotatable bonds is 8. The molecule has 0 aliphatic carbocycles. The number of esters is 1. The van der Waals surface area contributed by atoms with E-state index >= 15 is 0 Å². The van der Waals surface area contributed by atoms with Gasteiger partial charge in [-0.25, -0.2) is 4.79 Å². The summed E-state index contributed by atoms with van der Waals surface area (Å²) in [5.74, 6) is -0.525. The van der Waals surface area contributed by atoms with Crippen LogP contribution in [0, 0.1) is 0 Å². The minimum absolute atomic E-state index is 0. The van der Waals surface area contributed by atoms with Crippen molar-refractivity contribution in [2.24, 2.45) is 0 Å². The van der Waals surface area contributed by atoms with Crippen LogP contribution >= 0.6 is 7.82 Å². The normalized spacial score (nSPS) is 10.5. The van der Waals surface area contributed by atoms with Crippen LogP contribution in [-0.2, 0) is 23.4 Å². The fraction of sp³-hybridized carbons (Fsp3) is 0.625. The summed E-state index contributed by atoms with van der Waals surface area (Å²) < 4.78 is 23.4. The predicted molar refractivity (Wildman–Crippen MR) is 55.9 cm³/mol. The van der Waals surface area contributed by atoms with E-state index in [0.29, 0.717) is 0 Å². The van der Waals surface area contributed by atoms with Crippen molar-refractivity contribution < 1.29 is 33.1 Å². The standard InChI is InChI=1S/C8H15O7P.Mg/c1-7(2)8(9)14-5-3-13-4-6-15-16(10,11)12;/h1,3-6H2,2H3,(H2,10,11,12);/q;+2/p-2. The largest absolute Gasteiger partial charge is 2.00 e. The molecule has 0 aliphatic heterocycles. The third kappa shape index (κ3) is 14.0. The first-order valence-corrected chi connectivity index (χ1v) is 5.86. The van der Waals surface area contributed by atoms with Crippen molar-refractivity contribution in [3.63, 3.8) is 0 Å². The van der Waals surface area contributed by atoms with E-state index < -0.39 is 13.8 Å². The van der Waals surface area contributed by atoms with Crippen molar-refractivity contribution in [3.05, 3.63) is 12.2 Å². The molecule has 7 nitrogen and oxygen atoms in total. The van der Waals surface area contributed by atoms with Crippen LogP contribution in [-0.4, -0.2) is 55.4 Å². The topological polar surface area (TPSA) is 108 Å². The Hall–Kier alpha value is 0.0462. The van der Waals surface area contributed by atoms with Gasteiger partial charge in [-0.05, 0) is 6.92 Å². The average Bonchev–Trinajstić information content (AvgIpc) is 2.14. The molecule has 0 aromatic rings. The van der Waals surface area contributed by atoms with Crippen LogP contribution in [0.25, 0.3) is 0 Å². The summed E-state index contributed by atoms with van der Waals surface area (Å²) in [4.78, 5) is 30.8. The van der Waals surface area contributed by atoms with Gasteiger partial charge in [-0.3, -0.25) is 0 Å². The summed E-state index contributed by atoms with van der Waals surface area (Å²) >= 11 is 0. The summed E-state index contributed by atoms with van der Waals surface area (Å²) in [6.45, 7) is 4.58. The quantitative estimate of drug-likeness (QED) is 0.176. The SMILES string of the molecule is C=C(C)C(=O)OCCOCCOP(=O)([O-])[O-].[Mg+2]. The molecule has 0 rings (SSSR count). The Morgan fingerprint density at radius 1 is 1.24 bits per heavy atom. The first-order valence-electron chi connectivity index (χ1n) is 4.40. The number of carbonyl (C=O) groups excluding carboxylic acids is 1. The number of phosphoric acid groups is 1. The second-order valence-corrected chi connectivity index (χ2v) is 3.96. The van der Waals surface area contributed by atoms with E-state index in [0.717, 1.165) is 0 Å². The van der Waals surface area contributed by atoms with E-state index in [2.05, 4.69) is 15.8 Å². The van der Waals surface area contributed by atoms with Gasteiger partial charge >= 0.3 is 29.0 Å². The molecule has 94 valence electrons. The second-order valence-electron chi connectivity index (χ2n) is 2.81. The maximum atomic E-state index is 10.8. The molecule has 9 heteroatoms. The van der Waals surface area contributed by atoms with Gasteiger partial charge in [0, 0.05) is 5.57 Å². The minimum Gasteiger partial charge on any atom is -0.790 e. The Labute approximate surface area is 116 Å². The molecule has 0 N–H and O–H groups in total. The van der Waals surface area contributed by atoms with Crippen LogP contribution < -0.4 is 9.79 Å². The van der Waals surface area contributed by atoms with E-state index in [1.54, 1.807) is 0 Å². The van der Waals surface area contributed by atoms with Crippen LogP contribution in [0.3, 0.4) is 0 Å².